The van der Waals surface area contributed by atoms with Gasteiger partial charge in [-0.1, -0.05) is 71.6 Å². The highest BCUT2D eigenvalue weighted by atomic mass is 16.4. The van der Waals surface area contributed by atoms with E-state index in [1.165, 1.54) is 0 Å². The minimum Gasteiger partial charge on any atom is -0.498 e. The zero-order chi connectivity index (χ0) is 10.3. The first-order valence-electron chi connectivity index (χ1n) is 4.87. The van der Waals surface area contributed by atoms with E-state index in [9.17, 15) is 0 Å². The van der Waals surface area contributed by atoms with Gasteiger partial charge in [-0.05, 0) is 0 Å². The van der Waals surface area contributed by atoms with Crippen LogP contribution in [0.3, 0.4) is 0 Å². The first-order chi connectivity index (χ1) is 7.45. The molecule has 0 aromatic heterocycles. The molecule has 0 saturated carbocycles. The Balaban J connectivity index is 1.81. The standard InChI is InChI=1S/C12H10B2O/c1-3-7-11(8-4-1)13-15-14-12-9-5-2-6-10-12/h1-10H. The Morgan fingerprint density at radius 1 is 0.600 bits per heavy atom. The smallest absolute Gasteiger partial charge is 0.313 e. The lowest BCUT2D eigenvalue weighted by atomic mass is 9.81. The largest absolute Gasteiger partial charge is 0.498 e. The Bertz CT molecular complexity index is 349. The van der Waals surface area contributed by atoms with E-state index in [0.717, 1.165) is 10.9 Å². The van der Waals surface area contributed by atoms with Gasteiger partial charge >= 0.3 is 15.0 Å². The van der Waals surface area contributed by atoms with Gasteiger partial charge < -0.3 is 4.57 Å². The molecule has 2 radical (unpaired) electrons. The molecule has 2 rings (SSSR count). The van der Waals surface area contributed by atoms with Gasteiger partial charge in [-0.15, -0.1) is 0 Å². The minimum atomic E-state index is 1.06. The molecule has 15 heavy (non-hydrogen) atoms. The molecule has 0 aliphatic rings. The second-order valence-corrected chi connectivity index (χ2v) is 3.19. The fourth-order valence-corrected chi connectivity index (χ4v) is 1.25. The fourth-order valence-electron chi connectivity index (χ4n) is 1.25. The lowest BCUT2D eigenvalue weighted by Gasteiger charge is -2.01. The molecule has 0 aliphatic carbocycles. The normalized spacial score (nSPS) is 9.60. The van der Waals surface area contributed by atoms with Crippen molar-refractivity contribution >= 4 is 25.9 Å². The van der Waals surface area contributed by atoms with Gasteiger partial charge in [0.1, 0.15) is 0 Å². The topological polar surface area (TPSA) is 9.23 Å². The van der Waals surface area contributed by atoms with Crippen molar-refractivity contribution in [3.63, 3.8) is 0 Å². The molecular weight excluding hydrogens is 182 g/mol. The van der Waals surface area contributed by atoms with Gasteiger partial charge in [-0.25, -0.2) is 0 Å². The molecule has 0 heterocycles. The zero-order valence-electron chi connectivity index (χ0n) is 8.34. The van der Waals surface area contributed by atoms with Gasteiger partial charge in [0.05, 0.1) is 0 Å². The molecule has 0 amide bonds. The van der Waals surface area contributed by atoms with Crippen LogP contribution in [0.2, 0.25) is 0 Å². The van der Waals surface area contributed by atoms with E-state index in [1.54, 1.807) is 15.0 Å². The summed E-state index contributed by atoms with van der Waals surface area (Å²) in [4.78, 5) is 0. The van der Waals surface area contributed by atoms with Crippen molar-refractivity contribution in [3.05, 3.63) is 60.7 Å². The van der Waals surface area contributed by atoms with Crippen LogP contribution in [0, 0.1) is 0 Å². The van der Waals surface area contributed by atoms with Gasteiger partial charge in [0.25, 0.3) is 0 Å². The maximum Gasteiger partial charge on any atom is 0.313 e. The maximum absolute atomic E-state index is 5.36. The number of hydrogen-bond donors (Lipinski definition) is 0. The number of rotatable bonds is 4. The minimum absolute atomic E-state index is 1.06. The third-order valence-electron chi connectivity index (χ3n) is 2.01. The van der Waals surface area contributed by atoms with Crippen molar-refractivity contribution in [1.82, 2.24) is 0 Å². The molecular formula is C12H10B2O. The Hall–Kier alpha value is -1.47. The Morgan fingerprint density at radius 2 is 1.00 bits per heavy atom. The second kappa shape index (κ2) is 5.42. The van der Waals surface area contributed by atoms with E-state index in [0.29, 0.717) is 0 Å². The van der Waals surface area contributed by atoms with Crippen molar-refractivity contribution in [3.8, 4) is 0 Å². The van der Waals surface area contributed by atoms with Gasteiger partial charge in [-0.2, -0.15) is 0 Å². The summed E-state index contributed by atoms with van der Waals surface area (Å²) in [7, 11) is 3.46. The summed E-state index contributed by atoms with van der Waals surface area (Å²) in [5.74, 6) is 0. The summed E-state index contributed by atoms with van der Waals surface area (Å²) in [5, 5.41) is 0. The van der Waals surface area contributed by atoms with E-state index in [-0.39, 0.29) is 0 Å². The van der Waals surface area contributed by atoms with Crippen molar-refractivity contribution < 1.29 is 4.57 Å². The fraction of sp³-hybridized carbons (Fsp3) is 0. The van der Waals surface area contributed by atoms with E-state index < -0.39 is 0 Å². The van der Waals surface area contributed by atoms with Crippen LogP contribution in [-0.4, -0.2) is 15.0 Å². The van der Waals surface area contributed by atoms with Crippen molar-refractivity contribution in [2.45, 2.75) is 0 Å². The molecule has 0 bridgehead atoms. The van der Waals surface area contributed by atoms with Gasteiger partial charge in [0, 0.05) is 0 Å². The summed E-state index contributed by atoms with van der Waals surface area (Å²) in [6.07, 6.45) is 0. The van der Waals surface area contributed by atoms with Crippen LogP contribution in [0.25, 0.3) is 0 Å². The van der Waals surface area contributed by atoms with Crippen molar-refractivity contribution in [2.24, 2.45) is 0 Å². The van der Waals surface area contributed by atoms with Gasteiger partial charge in [-0.3, -0.25) is 0 Å². The molecule has 0 fully saturated rings. The average Bonchev–Trinajstić information content (AvgIpc) is 2.32. The van der Waals surface area contributed by atoms with E-state index in [1.807, 2.05) is 60.7 Å². The third kappa shape index (κ3) is 3.30. The predicted molar refractivity (Wildman–Crippen MR) is 64.7 cm³/mol. The van der Waals surface area contributed by atoms with Crippen LogP contribution in [0.5, 0.6) is 0 Å². The molecule has 0 N–H and O–H groups in total. The molecule has 2 aromatic rings. The van der Waals surface area contributed by atoms with Crippen LogP contribution < -0.4 is 10.9 Å². The molecule has 0 aliphatic heterocycles. The predicted octanol–water partition coefficient (Wildman–Crippen LogP) is 0.892. The monoisotopic (exact) mass is 192 g/mol. The SMILES string of the molecule is [B](O[B]c1ccccc1)c1ccccc1. The summed E-state index contributed by atoms with van der Waals surface area (Å²) >= 11 is 0. The van der Waals surface area contributed by atoms with Crippen molar-refractivity contribution in [1.29, 1.82) is 0 Å². The summed E-state index contributed by atoms with van der Waals surface area (Å²) in [6, 6.07) is 19.9. The molecule has 0 saturated heterocycles. The molecule has 0 unspecified atom stereocenters. The third-order valence-corrected chi connectivity index (χ3v) is 2.01. The Morgan fingerprint density at radius 3 is 1.40 bits per heavy atom. The molecule has 0 atom stereocenters. The van der Waals surface area contributed by atoms with Crippen LogP contribution in [0.1, 0.15) is 0 Å². The molecule has 70 valence electrons. The van der Waals surface area contributed by atoms with E-state index >= 15 is 0 Å². The maximum atomic E-state index is 5.36. The number of hydrogen-bond acceptors (Lipinski definition) is 1. The Labute approximate surface area is 91.6 Å². The first-order valence-corrected chi connectivity index (χ1v) is 4.87. The molecule has 2 aromatic carbocycles. The zero-order valence-corrected chi connectivity index (χ0v) is 8.34. The molecule has 3 heteroatoms. The lowest BCUT2D eigenvalue weighted by Crippen LogP contribution is -2.25. The molecule has 1 nitrogen and oxygen atoms in total. The van der Waals surface area contributed by atoms with Crippen LogP contribution in [-0.2, 0) is 4.57 Å². The second-order valence-electron chi connectivity index (χ2n) is 3.19. The highest BCUT2D eigenvalue weighted by molar-refractivity contribution is 6.60. The highest BCUT2D eigenvalue weighted by Crippen LogP contribution is 1.83. The van der Waals surface area contributed by atoms with E-state index in [4.69, 9.17) is 4.57 Å². The highest BCUT2D eigenvalue weighted by Gasteiger charge is 1.98. The van der Waals surface area contributed by atoms with Crippen molar-refractivity contribution in [2.75, 3.05) is 0 Å². The average molecular weight is 192 g/mol. The Kier molecular flexibility index (Phi) is 3.64. The summed E-state index contributed by atoms with van der Waals surface area (Å²) in [6.45, 7) is 0. The first kappa shape index (κ1) is 10.1. The van der Waals surface area contributed by atoms with Crippen LogP contribution in [0.15, 0.2) is 60.7 Å². The summed E-state index contributed by atoms with van der Waals surface area (Å²) in [5.41, 5.74) is 2.12. The van der Waals surface area contributed by atoms with Gasteiger partial charge in [0.15, 0.2) is 0 Å². The van der Waals surface area contributed by atoms with Crippen LogP contribution >= 0.6 is 0 Å². The quantitative estimate of drug-likeness (QED) is 0.653. The number of benzene rings is 2. The van der Waals surface area contributed by atoms with Gasteiger partial charge in [0.2, 0.25) is 0 Å². The molecule has 0 spiro atoms. The van der Waals surface area contributed by atoms with Crippen LogP contribution in [0.4, 0.5) is 0 Å². The lowest BCUT2D eigenvalue weighted by molar-refractivity contribution is 0.663. The summed E-state index contributed by atoms with van der Waals surface area (Å²) < 4.78 is 5.36. The van der Waals surface area contributed by atoms with E-state index in [2.05, 4.69) is 0 Å².